The highest BCUT2D eigenvalue weighted by Crippen LogP contribution is 2.30. The fourth-order valence-electron chi connectivity index (χ4n) is 4.09. The molecule has 5 rings (SSSR count). The van der Waals surface area contributed by atoms with Crippen LogP contribution in [0, 0.1) is 11.7 Å². The third-order valence-electron chi connectivity index (χ3n) is 6.00. The van der Waals surface area contributed by atoms with E-state index in [2.05, 4.69) is 20.4 Å². The molecule has 0 radical (unpaired) electrons. The lowest BCUT2D eigenvalue weighted by Crippen LogP contribution is -2.37. The Morgan fingerprint density at radius 2 is 1.71 bits per heavy atom. The summed E-state index contributed by atoms with van der Waals surface area (Å²) < 4.78 is 24.5. The van der Waals surface area contributed by atoms with Gasteiger partial charge in [0.15, 0.2) is 5.75 Å². The summed E-state index contributed by atoms with van der Waals surface area (Å²) in [5.41, 5.74) is 1.36. The third kappa shape index (κ3) is 5.73. The van der Waals surface area contributed by atoms with Gasteiger partial charge in [0.05, 0.1) is 12.2 Å². The monoisotopic (exact) mass is 472 g/mol. The highest BCUT2D eigenvalue weighted by atomic mass is 19.1. The molecular weight excluding hydrogens is 447 g/mol. The van der Waals surface area contributed by atoms with Crippen molar-refractivity contribution in [2.75, 3.05) is 18.4 Å². The zero-order chi connectivity index (χ0) is 24.0. The van der Waals surface area contributed by atoms with E-state index in [1.165, 1.54) is 12.1 Å². The smallest absolute Gasteiger partial charge is 0.241 e. The van der Waals surface area contributed by atoms with E-state index >= 15 is 0 Å². The first-order valence-electron chi connectivity index (χ1n) is 11.6. The van der Waals surface area contributed by atoms with Gasteiger partial charge in [0.1, 0.15) is 11.6 Å². The van der Waals surface area contributed by atoms with Gasteiger partial charge in [-0.3, -0.25) is 9.69 Å². The van der Waals surface area contributed by atoms with Crippen LogP contribution < -0.4 is 10.1 Å². The quantitative estimate of drug-likeness (QED) is 0.382. The van der Waals surface area contributed by atoms with Crippen molar-refractivity contribution in [3.63, 3.8) is 0 Å². The van der Waals surface area contributed by atoms with Crippen LogP contribution in [0.3, 0.4) is 0 Å². The maximum atomic E-state index is 13.1. The summed E-state index contributed by atoms with van der Waals surface area (Å²) in [7, 11) is 0. The van der Waals surface area contributed by atoms with Crippen molar-refractivity contribution >= 4 is 11.6 Å². The number of piperidine rings is 1. The average Bonchev–Trinajstić information content (AvgIpc) is 3.35. The second kappa shape index (κ2) is 10.5. The number of rotatable bonds is 7. The third-order valence-corrected chi connectivity index (χ3v) is 6.00. The fraction of sp³-hybridized carbons (Fsp3) is 0.222. The van der Waals surface area contributed by atoms with Gasteiger partial charge in [-0.1, -0.05) is 35.5 Å². The number of nitrogens with zero attached hydrogens (tertiary/aromatic N) is 3. The Balaban J connectivity index is 1.14. The molecule has 1 aromatic heterocycles. The molecule has 0 spiro atoms. The number of amides is 1. The second-order valence-corrected chi connectivity index (χ2v) is 8.47. The molecule has 1 saturated heterocycles. The zero-order valence-electron chi connectivity index (χ0n) is 19.1. The molecule has 0 bridgehead atoms. The van der Waals surface area contributed by atoms with Crippen molar-refractivity contribution < 1.29 is 18.4 Å². The number of halogens is 1. The van der Waals surface area contributed by atoms with Crippen LogP contribution in [0.15, 0.2) is 83.4 Å². The highest BCUT2D eigenvalue weighted by Gasteiger charge is 2.26. The van der Waals surface area contributed by atoms with Crippen molar-refractivity contribution in [3.05, 3.63) is 90.6 Å². The topological polar surface area (TPSA) is 80.5 Å². The Morgan fingerprint density at radius 1 is 1.00 bits per heavy atom. The number of ether oxygens (including phenoxy) is 1. The Bertz CT molecular complexity index is 1270. The number of anilines is 1. The summed E-state index contributed by atoms with van der Waals surface area (Å²) >= 11 is 0. The number of carbonyl (C=O) groups excluding carboxylic acids is 1. The minimum Gasteiger partial charge on any atom is -0.455 e. The summed E-state index contributed by atoms with van der Waals surface area (Å²) in [6.45, 7) is 2.00. The van der Waals surface area contributed by atoms with Crippen LogP contribution in [-0.4, -0.2) is 34.0 Å². The number of aromatic nitrogens is 2. The normalized spacial score (nSPS) is 14.5. The molecule has 8 heteroatoms. The summed E-state index contributed by atoms with van der Waals surface area (Å²) in [4.78, 5) is 19.6. The molecule has 178 valence electrons. The molecule has 0 unspecified atom stereocenters. The van der Waals surface area contributed by atoms with Crippen molar-refractivity contribution in [3.8, 4) is 22.9 Å². The molecule has 2 heterocycles. The van der Waals surface area contributed by atoms with Gasteiger partial charge < -0.3 is 14.6 Å². The standard InChI is InChI=1S/C27H25FN4O3/c28-21-12-10-19(11-13-21)26-30-25(35-31-26)18-32-16-14-20(15-17-32)27(33)29-23-8-4-5-9-24(23)34-22-6-2-1-3-7-22/h1-13,20H,14-18H2,(H,29,33). The SMILES string of the molecule is O=C(Nc1ccccc1Oc1ccccc1)C1CCN(Cc2nc(-c3ccc(F)cc3)no2)CC1. The fourth-order valence-corrected chi connectivity index (χ4v) is 4.09. The molecule has 1 N–H and O–H groups in total. The lowest BCUT2D eigenvalue weighted by atomic mass is 9.96. The first-order valence-corrected chi connectivity index (χ1v) is 11.6. The molecule has 1 amide bonds. The Kier molecular flexibility index (Phi) is 6.81. The van der Waals surface area contributed by atoms with Crippen LogP contribution in [0.5, 0.6) is 11.5 Å². The Labute approximate surface area is 202 Å². The van der Waals surface area contributed by atoms with Crippen molar-refractivity contribution in [1.82, 2.24) is 15.0 Å². The molecule has 35 heavy (non-hydrogen) atoms. The van der Waals surface area contributed by atoms with Crippen molar-refractivity contribution in [1.29, 1.82) is 0 Å². The van der Waals surface area contributed by atoms with E-state index in [1.807, 2.05) is 54.6 Å². The number of benzene rings is 3. The number of hydrogen-bond acceptors (Lipinski definition) is 6. The molecule has 3 aromatic carbocycles. The van der Waals surface area contributed by atoms with E-state index in [0.717, 1.165) is 25.9 Å². The van der Waals surface area contributed by atoms with E-state index in [4.69, 9.17) is 9.26 Å². The largest absolute Gasteiger partial charge is 0.455 e. The van der Waals surface area contributed by atoms with Gasteiger partial charge in [0.25, 0.3) is 0 Å². The Morgan fingerprint density at radius 3 is 2.49 bits per heavy atom. The van der Waals surface area contributed by atoms with Crippen LogP contribution in [0.1, 0.15) is 18.7 Å². The molecule has 0 aliphatic carbocycles. The number of hydrogen-bond donors (Lipinski definition) is 1. The van der Waals surface area contributed by atoms with Gasteiger partial charge in [0, 0.05) is 11.5 Å². The van der Waals surface area contributed by atoms with Gasteiger partial charge in [0.2, 0.25) is 17.6 Å². The van der Waals surface area contributed by atoms with Crippen LogP contribution in [0.25, 0.3) is 11.4 Å². The average molecular weight is 473 g/mol. The predicted octanol–water partition coefficient (Wildman–Crippen LogP) is 5.52. The van der Waals surface area contributed by atoms with Crippen LogP contribution >= 0.6 is 0 Å². The summed E-state index contributed by atoms with van der Waals surface area (Å²) in [6.07, 6.45) is 1.46. The van der Waals surface area contributed by atoms with Gasteiger partial charge in [-0.15, -0.1) is 0 Å². The molecule has 1 aliphatic rings. The molecule has 1 fully saturated rings. The minimum atomic E-state index is -0.309. The molecule has 7 nitrogen and oxygen atoms in total. The number of carbonyl (C=O) groups is 1. The maximum absolute atomic E-state index is 13.1. The van der Waals surface area contributed by atoms with E-state index < -0.39 is 0 Å². The van der Waals surface area contributed by atoms with E-state index in [0.29, 0.717) is 41.0 Å². The zero-order valence-corrected chi connectivity index (χ0v) is 19.1. The van der Waals surface area contributed by atoms with Crippen LogP contribution in [0.2, 0.25) is 0 Å². The molecule has 4 aromatic rings. The number of para-hydroxylation sites is 3. The summed E-state index contributed by atoms with van der Waals surface area (Å²) in [5.74, 6) is 1.85. The van der Waals surface area contributed by atoms with E-state index in [9.17, 15) is 9.18 Å². The lowest BCUT2D eigenvalue weighted by Gasteiger charge is -2.30. The van der Waals surface area contributed by atoms with Crippen LogP contribution in [-0.2, 0) is 11.3 Å². The second-order valence-electron chi connectivity index (χ2n) is 8.47. The van der Waals surface area contributed by atoms with Gasteiger partial charge in [-0.2, -0.15) is 4.98 Å². The number of nitrogens with one attached hydrogen (secondary N) is 1. The predicted molar refractivity (Wildman–Crippen MR) is 129 cm³/mol. The van der Waals surface area contributed by atoms with E-state index in [-0.39, 0.29) is 17.6 Å². The summed E-state index contributed by atoms with van der Waals surface area (Å²) in [5, 5.41) is 7.04. The number of likely N-dealkylation sites (tertiary alicyclic amines) is 1. The van der Waals surface area contributed by atoms with Crippen molar-refractivity contribution in [2.45, 2.75) is 19.4 Å². The molecular formula is C27H25FN4O3. The van der Waals surface area contributed by atoms with Gasteiger partial charge in [-0.05, 0) is 74.5 Å². The first kappa shape index (κ1) is 22.7. The maximum Gasteiger partial charge on any atom is 0.241 e. The lowest BCUT2D eigenvalue weighted by molar-refractivity contribution is -0.121. The first-order chi connectivity index (χ1) is 17.1. The van der Waals surface area contributed by atoms with Crippen molar-refractivity contribution in [2.24, 2.45) is 5.92 Å². The molecule has 0 atom stereocenters. The van der Waals surface area contributed by atoms with Crippen LogP contribution in [0.4, 0.5) is 10.1 Å². The molecule has 1 aliphatic heterocycles. The molecule has 0 saturated carbocycles. The minimum absolute atomic E-state index is 0.00912. The highest BCUT2D eigenvalue weighted by molar-refractivity contribution is 5.94. The Hall–Kier alpha value is -4.04. The van der Waals surface area contributed by atoms with E-state index in [1.54, 1.807) is 12.1 Å². The summed E-state index contributed by atoms with van der Waals surface area (Å²) in [6, 6.07) is 22.9. The van der Waals surface area contributed by atoms with Gasteiger partial charge >= 0.3 is 0 Å². The van der Waals surface area contributed by atoms with Gasteiger partial charge in [-0.25, -0.2) is 4.39 Å².